The van der Waals surface area contributed by atoms with E-state index in [2.05, 4.69) is 15.0 Å². The van der Waals surface area contributed by atoms with E-state index >= 15 is 0 Å². The predicted molar refractivity (Wildman–Crippen MR) is 96.7 cm³/mol. The van der Waals surface area contributed by atoms with Gasteiger partial charge in [0.25, 0.3) is 5.91 Å². The third kappa shape index (κ3) is 4.60. The molecular formula is C20H28N2O3. The van der Waals surface area contributed by atoms with Gasteiger partial charge in [-0.05, 0) is 69.0 Å². The van der Waals surface area contributed by atoms with Gasteiger partial charge in [-0.2, -0.15) is 0 Å². The Balaban J connectivity index is 1.42. The molecule has 0 atom stereocenters. The van der Waals surface area contributed by atoms with Crippen molar-refractivity contribution in [3.63, 3.8) is 0 Å². The first-order valence-corrected chi connectivity index (χ1v) is 9.38. The van der Waals surface area contributed by atoms with Crippen molar-refractivity contribution >= 4 is 11.9 Å². The second kappa shape index (κ2) is 8.48. The van der Waals surface area contributed by atoms with Crippen LogP contribution in [0.5, 0.6) is 0 Å². The van der Waals surface area contributed by atoms with Gasteiger partial charge in [0.15, 0.2) is 0 Å². The number of esters is 1. The summed E-state index contributed by atoms with van der Waals surface area (Å²) >= 11 is 0. The number of methoxy groups -OCH3 is 1. The average Bonchev–Trinajstić information content (AvgIpc) is 3.21. The van der Waals surface area contributed by atoms with E-state index in [1.165, 1.54) is 45.9 Å². The number of carbonyl (C=O) groups excluding carboxylic acids is 2. The summed E-state index contributed by atoms with van der Waals surface area (Å²) in [6.07, 6.45) is 7.83. The van der Waals surface area contributed by atoms with Crippen molar-refractivity contribution in [2.24, 2.45) is 5.92 Å². The molecule has 25 heavy (non-hydrogen) atoms. The molecule has 136 valence electrons. The summed E-state index contributed by atoms with van der Waals surface area (Å²) in [4.78, 5) is 26.3. The Labute approximate surface area is 149 Å². The predicted octanol–water partition coefficient (Wildman–Crippen LogP) is 2.86. The van der Waals surface area contributed by atoms with Gasteiger partial charge < -0.3 is 15.0 Å². The maximum absolute atomic E-state index is 12.3. The molecule has 1 heterocycles. The summed E-state index contributed by atoms with van der Waals surface area (Å²) in [5.74, 6) is 0.103. The number of benzene rings is 1. The molecule has 1 amide bonds. The topological polar surface area (TPSA) is 58.6 Å². The van der Waals surface area contributed by atoms with Gasteiger partial charge in [-0.1, -0.05) is 12.8 Å². The second-order valence-electron chi connectivity index (χ2n) is 7.20. The minimum Gasteiger partial charge on any atom is -0.465 e. The summed E-state index contributed by atoms with van der Waals surface area (Å²) in [6, 6.07) is 7.40. The minimum atomic E-state index is -0.388. The summed E-state index contributed by atoms with van der Waals surface area (Å²) < 4.78 is 4.67. The molecule has 5 nitrogen and oxygen atoms in total. The molecule has 1 aliphatic heterocycles. The van der Waals surface area contributed by atoms with Crippen molar-refractivity contribution in [3.05, 3.63) is 35.4 Å². The van der Waals surface area contributed by atoms with Gasteiger partial charge in [0, 0.05) is 18.2 Å². The molecule has 1 aliphatic carbocycles. The Bertz CT molecular complexity index is 585. The summed E-state index contributed by atoms with van der Waals surface area (Å²) in [5.41, 5.74) is 1.04. The van der Waals surface area contributed by atoms with E-state index < -0.39 is 0 Å². The Morgan fingerprint density at radius 3 is 2.24 bits per heavy atom. The number of amides is 1. The largest absolute Gasteiger partial charge is 0.465 e. The van der Waals surface area contributed by atoms with Crippen LogP contribution in [-0.2, 0) is 4.74 Å². The fourth-order valence-corrected chi connectivity index (χ4v) is 4.01. The standard InChI is InChI=1S/C20H28N2O3/c1-25-20(24)17-8-6-16(7-9-17)19(23)21-14-15-10-12-22(13-11-15)18-4-2-3-5-18/h6-9,15,18H,2-5,10-14H2,1H3,(H,21,23). The summed E-state index contributed by atoms with van der Waals surface area (Å²) in [5, 5.41) is 3.04. The molecule has 0 radical (unpaired) electrons. The van der Waals surface area contributed by atoms with Crippen LogP contribution in [0.1, 0.15) is 59.2 Å². The van der Waals surface area contributed by atoms with Gasteiger partial charge in [-0.25, -0.2) is 4.79 Å². The molecule has 1 saturated heterocycles. The first kappa shape index (κ1) is 17.9. The number of nitrogens with one attached hydrogen (secondary N) is 1. The van der Waals surface area contributed by atoms with Crippen molar-refractivity contribution in [1.82, 2.24) is 10.2 Å². The van der Waals surface area contributed by atoms with Gasteiger partial charge in [0.2, 0.25) is 0 Å². The number of hydrogen-bond acceptors (Lipinski definition) is 4. The van der Waals surface area contributed by atoms with Gasteiger partial charge in [0.1, 0.15) is 0 Å². The van der Waals surface area contributed by atoms with Gasteiger partial charge in [-0.3, -0.25) is 4.79 Å². The van der Waals surface area contributed by atoms with Crippen LogP contribution in [0, 0.1) is 5.92 Å². The number of carbonyl (C=O) groups is 2. The molecule has 2 fully saturated rings. The lowest BCUT2D eigenvalue weighted by Gasteiger charge is -2.36. The van der Waals surface area contributed by atoms with E-state index in [-0.39, 0.29) is 11.9 Å². The number of hydrogen-bond donors (Lipinski definition) is 1. The van der Waals surface area contributed by atoms with Crippen LogP contribution in [0.15, 0.2) is 24.3 Å². The van der Waals surface area contributed by atoms with E-state index in [4.69, 9.17) is 0 Å². The molecule has 3 rings (SSSR count). The lowest BCUT2D eigenvalue weighted by Crippen LogP contribution is -2.42. The first-order valence-electron chi connectivity index (χ1n) is 9.38. The minimum absolute atomic E-state index is 0.0744. The van der Waals surface area contributed by atoms with Crippen molar-refractivity contribution in [3.8, 4) is 0 Å². The highest BCUT2D eigenvalue weighted by Crippen LogP contribution is 2.27. The van der Waals surface area contributed by atoms with Crippen LogP contribution >= 0.6 is 0 Å². The first-order chi connectivity index (χ1) is 12.2. The third-order valence-corrected chi connectivity index (χ3v) is 5.61. The normalized spacial score (nSPS) is 19.7. The number of likely N-dealkylation sites (tertiary alicyclic amines) is 1. The van der Waals surface area contributed by atoms with Crippen molar-refractivity contribution in [2.45, 2.75) is 44.6 Å². The Morgan fingerprint density at radius 1 is 1.04 bits per heavy atom. The summed E-state index contributed by atoms with van der Waals surface area (Å²) in [7, 11) is 1.35. The Kier molecular flexibility index (Phi) is 6.08. The van der Waals surface area contributed by atoms with Crippen LogP contribution in [-0.4, -0.2) is 49.6 Å². The second-order valence-corrected chi connectivity index (χ2v) is 7.20. The van der Waals surface area contributed by atoms with Gasteiger partial charge in [0.05, 0.1) is 12.7 Å². The monoisotopic (exact) mass is 344 g/mol. The highest BCUT2D eigenvalue weighted by molar-refractivity contribution is 5.96. The van der Waals surface area contributed by atoms with E-state index in [0.29, 0.717) is 17.0 Å². The highest BCUT2D eigenvalue weighted by Gasteiger charge is 2.27. The van der Waals surface area contributed by atoms with Gasteiger partial charge in [-0.15, -0.1) is 0 Å². The smallest absolute Gasteiger partial charge is 0.337 e. The number of rotatable bonds is 5. The van der Waals surface area contributed by atoms with Crippen LogP contribution in [0.25, 0.3) is 0 Å². The lowest BCUT2D eigenvalue weighted by molar-refractivity contribution is 0.0600. The summed E-state index contributed by atoms with van der Waals surface area (Å²) in [6.45, 7) is 3.06. The molecule has 0 unspecified atom stereocenters. The fourth-order valence-electron chi connectivity index (χ4n) is 4.01. The molecule has 1 N–H and O–H groups in total. The number of nitrogens with zero attached hydrogens (tertiary/aromatic N) is 1. The molecular weight excluding hydrogens is 316 g/mol. The molecule has 1 saturated carbocycles. The molecule has 0 aromatic heterocycles. The van der Waals surface area contributed by atoms with Crippen LogP contribution in [0.4, 0.5) is 0 Å². The van der Waals surface area contributed by atoms with Crippen LogP contribution in [0.3, 0.4) is 0 Å². The van der Waals surface area contributed by atoms with Crippen molar-refractivity contribution < 1.29 is 14.3 Å². The van der Waals surface area contributed by atoms with Gasteiger partial charge >= 0.3 is 5.97 Å². The Hall–Kier alpha value is -1.88. The van der Waals surface area contributed by atoms with Crippen molar-refractivity contribution in [2.75, 3.05) is 26.7 Å². The molecule has 1 aromatic rings. The van der Waals surface area contributed by atoms with Crippen LogP contribution in [0.2, 0.25) is 0 Å². The van der Waals surface area contributed by atoms with E-state index in [1.807, 2.05) is 0 Å². The SMILES string of the molecule is COC(=O)c1ccc(C(=O)NCC2CCN(C3CCCC3)CC2)cc1. The molecule has 0 spiro atoms. The quantitative estimate of drug-likeness (QED) is 0.835. The third-order valence-electron chi connectivity index (χ3n) is 5.61. The maximum atomic E-state index is 12.3. The highest BCUT2D eigenvalue weighted by atomic mass is 16.5. The zero-order chi connectivity index (χ0) is 17.6. The zero-order valence-corrected chi connectivity index (χ0v) is 15.0. The van der Waals surface area contributed by atoms with E-state index in [1.54, 1.807) is 24.3 Å². The molecule has 0 bridgehead atoms. The maximum Gasteiger partial charge on any atom is 0.337 e. The molecule has 5 heteroatoms. The van der Waals surface area contributed by atoms with E-state index in [9.17, 15) is 9.59 Å². The van der Waals surface area contributed by atoms with E-state index in [0.717, 1.165) is 25.4 Å². The Morgan fingerprint density at radius 2 is 1.64 bits per heavy atom. The lowest BCUT2D eigenvalue weighted by atomic mass is 9.95. The van der Waals surface area contributed by atoms with Crippen molar-refractivity contribution in [1.29, 1.82) is 0 Å². The fraction of sp³-hybridized carbons (Fsp3) is 0.600. The molecule has 1 aromatic carbocycles. The zero-order valence-electron chi connectivity index (χ0n) is 15.0. The number of piperidine rings is 1. The van der Waals surface area contributed by atoms with Crippen LogP contribution < -0.4 is 5.32 Å². The molecule has 2 aliphatic rings. The average molecular weight is 344 g/mol. The number of ether oxygens (including phenoxy) is 1.